The summed E-state index contributed by atoms with van der Waals surface area (Å²) in [5.74, 6) is 0.0948. The topological polar surface area (TPSA) is 38.9 Å². The second-order valence-corrected chi connectivity index (χ2v) is 4.25. The Bertz CT molecular complexity index is 513. The highest BCUT2D eigenvalue weighted by Crippen LogP contribution is 2.26. The van der Waals surface area contributed by atoms with Crippen molar-refractivity contribution in [2.45, 2.75) is 12.3 Å². The molecule has 0 spiro atoms. The molecule has 1 aromatic heterocycles. The van der Waals surface area contributed by atoms with Gasteiger partial charge < -0.3 is 4.42 Å². The molecule has 0 aliphatic rings. The summed E-state index contributed by atoms with van der Waals surface area (Å²) >= 11 is 11.4. The molecule has 2 aromatic rings. The predicted molar refractivity (Wildman–Crippen MR) is 59.0 cm³/mol. The van der Waals surface area contributed by atoms with E-state index in [0.717, 1.165) is 0 Å². The van der Waals surface area contributed by atoms with Crippen LogP contribution >= 0.6 is 23.2 Å². The molecular weight excluding hydrogens is 254 g/mol. The van der Waals surface area contributed by atoms with Gasteiger partial charge in [-0.2, -0.15) is 0 Å². The molecular formula is C10H7Cl2FN2O. The molecule has 84 valence electrons. The van der Waals surface area contributed by atoms with Crippen molar-refractivity contribution in [1.29, 1.82) is 0 Å². The van der Waals surface area contributed by atoms with E-state index in [4.69, 9.17) is 27.6 Å². The fourth-order valence-electron chi connectivity index (χ4n) is 1.14. The van der Waals surface area contributed by atoms with E-state index in [1.807, 2.05) is 0 Å². The smallest absolute Gasteiger partial charge is 0.247 e. The highest BCUT2D eigenvalue weighted by molar-refractivity contribution is 6.31. The van der Waals surface area contributed by atoms with E-state index in [9.17, 15) is 4.39 Å². The van der Waals surface area contributed by atoms with Crippen molar-refractivity contribution in [3.63, 3.8) is 0 Å². The summed E-state index contributed by atoms with van der Waals surface area (Å²) in [5.41, 5.74) is 0.558. The number of benzene rings is 1. The Morgan fingerprint density at radius 3 is 2.69 bits per heavy atom. The quantitative estimate of drug-likeness (QED) is 0.771. The molecule has 0 saturated heterocycles. The molecule has 0 fully saturated rings. The summed E-state index contributed by atoms with van der Waals surface area (Å²) in [4.78, 5) is 0. The van der Waals surface area contributed by atoms with Gasteiger partial charge in [-0.1, -0.05) is 11.6 Å². The summed E-state index contributed by atoms with van der Waals surface area (Å²) in [5, 5.41) is 7.20. The molecule has 0 radical (unpaired) electrons. The van der Waals surface area contributed by atoms with Crippen LogP contribution < -0.4 is 0 Å². The highest BCUT2D eigenvalue weighted by Gasteiger charge is 2.13. The van der Waals surface area contributed by atoms with Crippen molar-refractivity contribution >= 4 is 23.2 Å². The van der Waals surface area contributed by atoms with Crippen molar-refractivity contribution in [2.24, 2.45) is 0 Å². The fourth-order valence-corrected chi connectivity index (χ4v) is 1.41. The first-order valence-corrected chi connectivity index (χ1v) is 5.32. The van der Waals surface area contributed by atoms with E-state index in [1.165, 1.54) is 18.2 Å². The van der Waals surface area contributed by atoms with Gasteiger partial charge in [0.15, 0.2) is 0 Å². The largest absolute Gasteiger partial charge is 0.419 e. The Morgan fingerprint density at radius 1 is 1.38 bits per heavy atom. The van der Waals surface area contributed by atoms with Crippen LogP contribution in [0.5, 0.6) is 0 Å². The summed E-state index contributed by atoms with van der Waals surface area (Å²) in [6, 6.07) is 4.18. The molecule has 0 saturated carbocycles. The standard InChI is InChI=1S/C10H7Cl2FN2O/c1-5(11)9-14-15-10(16-9)6-2-3-8(13)7(12)4-6/h2-5H,1H3. The minimum Gasteiger partial charge on any atom is -0.419 e. The molecule has 6 heteroatoms. The zero-order valence-electron chi connectivity index (χ0n) is 8.25. The summed E-state index contributed by atoms with van der Waals surface area (Å²) in [6.45, 7) is 1.72. The zero-order valence-corrected chi connectivity index (χ0v) is 9.76. The SMILES string of the molecule is CC(Cl)c1nnc(-c2ccc(F)c(Cl)c2)o1. The van der Waals surface area contributed by atoms with E-state index in [1.54, 1.807) is 6.92 Å². The van der Waals surface area contributed by atoms with Gasteiger partial charge >= 0.3 is 0 Å². The molecule has 16 heavy (non-hydrogen) atoms. The summed E-state index contributed by atoms with van der Waals surface area (Å²) < 4.78 is 18.2. The van der Waals surface area contributed by atoms with Gasteiger partial charge in [0, 0.05) is 5.56 Å². The van der Waals surface area contributed by atoms with Crippen LogP contribution in [-0.4, -0.2) is 10.2 Å². The van der Waals surface area contributed by atoms with Crippen LogP contribution in [0.3, 0.4) is 0 Å². The van der Waals surface area contributed by atoms with Crippen molar-refractivity contribution in [3.8, 4) is 11.5 Å². The Kier molecular flexibility index (Phi) is 3.12. The maximum atomic E-state index is 12.9. The minimum atomic E-state index is -0.490. The first-order valence-electron chi connectivity index (χ1n) is 4.51. The lowest BCUT2D eigenvalue weighted by atomic mass is 10.2. The maximum absolute atomic E-state index is 12.9. The lowest BCUT2D eigenvalue weighted by Crippen LogP contribution is -1.82. The lowest BCUT2D eigenvalue weighted by Gasteiger charge is -1.97. The molecule has 1 heterocycles. The normalized spacial score (nSPS) is 12.8. The van der Waals surface area contributed by atoms with Crippen molar-refractivity contribution < 1.29 is 8.81 Å². The molecule has 1 atom stereocenters. The van der Waals surface area contributed by atoms with Gasteiger partial charge in [-0.25, -0.2) is 4.39 Å². The van der Waals surface area contributed by atoms with Gasteiger partial charge in [-0.3, -0.25) is 0 Å². The molecule has 0 aliphatic heterocycles. The molecule has 0 aliphatic carbocycles. The summed E-state index contributed by atoms with van der Waals surface area (Å²) in [6.07, 6.45) is 0. The van der Waals surface area contributed by atoms with Crippen LogP contribution in [0, 0.1) is 5.82 Å². The van der Waals surface area contributed by atoms with Gasteiger partial charge in [-0.05, 0) is 25.1 Å². The number of aromatic nitrogens is 2. The number of nitrogens with zero attached hydrogens (tertiary/aromatic N) is 2. The molecule has 0 amide bonds. The third kappa shape index (κ3) is 2.18. The first-order chi connectivity index (χ1) is 7.58. The maximum Gasteiger partial charge on any atom is 0.247 e. The van der Waals surface area contributed by atoms with Crippen molar-refractivity contribution in [1.82, 2.24) is 10.2 Å². The lowest BCUT2D eigenvalue weighted by molar-refractivity contribution is 0.507. The van der Waals surface area contributed by atoms with Crippen LogP contribution in [-0.2, 0) is 0 Å². The van der Waals surface area contributed by atoms with E-state index >= 15 is 0 Å². The second-order valence-electron chi connectivity index (χ2n) is 3.19. The van der Waals surface area contributed by atoms with Gasteiger partial charge in [0.2, 0.25) is 11.8 Å². The Labute approximate surface area is 101 Å². The Morgan fingerprint density at radius 2 is 2.12 bits per heavy atom. The third-order valence-electron chi connectivity index (χ3n) is 1.95. The van der Waals surface area contributed by atoms with E-state index < -0.39 is 5.82 Å². The van der Waals surface area contributed by atoms with Crippen LogP contribution in [0.1, 0.15) is 18.2 Å². The van der Waals surface area contributed by atoms with Crippen LogP contribution in [0.15, 0.2) is 22.6 Å². The molecule has 3 nitrogen and oxygen atoms in total. The zero-order chi connectivity index (χ0) is 11.7. The van der Waals surface area contributed by atoms with E-state index in [2.05, 4.69) is 10.2 Å². The van der Waals surface area contributed by atoms with Crippen molar-refractivity contribution in [2.75, 3.05) is 0 Å². The van der Waals surface area contributed by atoms with Crippen LogP contribution in [0.4, 0.5) is 4.39 Å². The predicted octanol–water partition coefficient (Wildman–Crippen LogP) is 3.83. The van der Waals surface area contributed by atoms with E-state index in [-0.39, 0.29) is 16.3 Å². The Balaban J connectivity index is 2.39. The molecule has 0 bridgehead atoms. The fraction of sp³-hybridized carbons (Fsp3) is 0.200. The Hall–Kier alpha value is -1.13. The first kappa shape index (κ1) is 11.4. The average molecular weight is 261 g/mol. The molecule has 0 N–H and O–H groups in total. The van der Waals surface area contributed by atoms with Crippen LogP contribution in [0.2, 0.25) is 5.02 Å². The second kappa shape index (κ2) is 4.39. The third-order valence-corrected chi connectivity index (χ3v) is 2.42. The summed E-state index contributed by atoms with van der Waals surface area (Å²) in [7, 11) is 0. The van der Waals surface area contributed by atoms with Gasteiger partial charge in [0.25, 0.3) is 0 Å². The average Bonchev–Trinajstić information content (AvgIpc) is 2.71. The number of halogens is 3. The number of hydrogen-bond donors (Lipinski definition) is 0. The van der Waals surface area contributed by atoms with Crippen LogP contribution in [0.25, 0.3) is 11.5 Å². The number of hydrogen-bond acceptors (Lipinski definition) is 3. The number of rotatable bonds is 2. The monoisotopic (exact) mass is 260 g/mol. The molecule has 1 aromatic carbocycles. The van der Waals surface area contributed by atoms with E-state index in [0.29, 0.717) is 11.5 Å². The van der Waals surface area contributed by atoms with Gasteiger partial charge in [0.05, 0.1) is 5.02 Å². The highest BCUT2D eigenvalue weighted by atomic mass is 35.5. The van der Waals surface area contributed by atoms with Gasteiger partial charge in [-0.15, -0.1) is 21.8 Å². The molecule has 1 unspecified atom stereocenters. The van der Waals surface area contributed by atoms with Crippen molar-refractivity contribution in [3.05, 3.63) is 34.9 Å². The number of alkyl halides is 1. The molecule has 2 rings (SSSR count). The minimum absolute atomic E-state index is 0.0103. The van der Waals surface area contributed by atoms with Gasteiger partial charge in [0.1, 0.15) is 11.2 Å².